The summed E-state index contributed by atoms with van der Waals surface area (Å²) >= 11 is 0. The summed E-state index contributed by atoms with van der Waals surface area (Å²) in [6.45, 7) is 6.87. The Kier molecular flexibility index (Phi) is 7.82. The number of nitrogens with one attached hydrogen (secondary N) is 2. The highest BCUT2D eigenvalue weighted by atomic mass is 16.7. The average molecular weight is 405 g/mol. The van der Waals surface area contributed by atoms with Crippen LogP contribution in [0, 0.1) is 0 Å². The van der Waals surface area contributed by atoms with Crippen molar-refractivity contribution >= 4 is 5.82 Å². The van der Waals surface area contributed by atoms with Gasteiger partial charge in [0.25, 0.3) is 11.8 Å². The summed E-state index contributed by atoms with van der Waals surface area (Å²) in [6.07, 6.45) is 10.8. The van der Waals surface area contributed by atoms with Crippen LogP contribution in [0.2, 0.25) is 0 Å². The van der Waals surface area contributed by atoms with Crippen LogP contribution in [0.1, 0.15) is 6.92 Å². The quantitative estimate of drug-likeness (QED) is 0.430. The van der Waals surface area contributed by atoms with Crippen molar-refractivity contribution in [2.75, 3.05) is 65.0 Å². The molecule has 3 rings (SSSR count). The number of likely N-dealkylation sites (N-methyl/N-ethyl adjacent to an activating group) is 1. The van der Waals surface area contributed by atoms with Gasteiger partial charge in [0.2, 0.25) is 0 Å². The van der Waals surface area contributed by atoms with E-state index in [0.717, 1.165) is 32.0 Å². The van der Waals surface area contributed by atoms with Crippen LogP contribution in [0.5, 0.6) is 5.88 Å². The molecule has 0 aliphatic carbocycles. The number of nitrogens with zero attached hydrogens (tertiary/aromatic N) is 4. The number of aromatic nitrogens is 2. The molecule has 1 unspecified atom stereocenters. The first-order valence-corrected chi connectivity index (χ1v) is 10.1. The standard InChI is InChI=1S/C20H32N6O3/c1-17-16-21-10-11-26(17)18-19(23-9-8-22-18)27-14-15-29-20(6-4-5-7-24-20)28-13-12-25(2)3/h4-9,17,21,24H,10-16H2,1-3H3/t17-,20?/m1/s1. The lowest BCUT2D eigenvalue weighted by Crippen LogP contribution is -2.50. The van der Waals surface area contributed by atoms with Gasteiger partial charge < -0.3 is 34.6 Å². The van der Waals surface area contributed by atoms with Gasteiger partial charge in [0.05, 0.1) is 13.2 Å². The lowest BCUT2D eigenvalue weighted by molar-refractivity contribution is -0.221. The minimum absolute atomic E-state index is 0.329. The van der Waals surface area contributed by atoms with Gasteiger partial charge >= 0.3 is 0 Å². The van der Waals surface area contributed by atoms with Gasteiger partial charge in [-0.15, -0.1) is 0 Å². The maximum absolute atomic E-state index is 5.99. The number of ether oxygens (including phenoxy) is 3. The van der Waals surface area contributed by atoms with Crippen LogP contribution in [0.3, 0.4) is 0 Å². The first-order chi connectivity index (χ1) is 14.1. The fourth-order valence-electron chi connectivity index (χ4n) is 3.16. The maximum Gasteiger partial charge on any atom is 0.270 e. The molecule has 0 radical (unpaired) electrons. The second-order valence-corrected chi connectivity index (χ2v) is 7.31. The molecule has 2 atom stereocenters. The lowest BCUT2D eigenvalue weighted by Gasteiger charge is -2.35. The molecule has 1 aromatic heterocycles. The van der Waals surface area contributed by atoms with Crippen LogP contribution in [-0.4, -0.2) is 86.9 Å². The third-order valence-electron chi connectivity index (χ3n) is 4.72. The third kappa shape index (κ3) is 6.14. The van der Waals surface area contributed by atoms with E-state index in [2.05, 4.69) is 37.3 Å². The molecule has 1 saturated heterocycles. The van der Waals surface area contributed by atoms with Crippen molar-refractivity contribution in [3.05, 3.63) is 36.8 Å². The van der Waals surface area contributed by atoms with Crippen LogP contribution in [0.25, 0.3) is 0 Å². The molecule has 0 spiro atoms. The van der Waals surface area contributed by atoms with E-state index >= 15 is 0 Å². The SMILES string of the molecule is C[C@@H]1CNCCN1c1nccnc1OCCOC1(OCCN(C)C)C=CC=CN1. The Morgan fingerprint density at radius 1 is 1.17 bits per heavy atom. The Bertz CT molecular complexity index is 699. The van der Waals surface area contributed by atoms with Crippen molar-refractivity contribution in [3.63, 3.8) is 0 Å². The second-order valence-electron chi connectivity index (χ2n) is 7.31. The van der Waals surface area contributed by atoms with Crippen LogP contribution < -0.4 is 20.3 Å². The number of hydrogen-bond acceptors (Lipinski definition) is 9. The molecule has 2 aliphatic heterocycles. The van der Waals surface area contributed by atoms with Gasteiger partial charge in [-0.2, -0.15) is 0 Å². The van der Waals surface area contributed by atoms with Crippen LogP contribution >= 0.6 is 0 Å². The molecule has 1 aromatic rings. The zero-order valence-corrected chi connectivity index (χ0v) is 17.5. The molecule has 160 valence electrons. The summed E-state index contributed by atoms with van der Waals surface area (Å²) in [7, 11) is 4.01. The molecular formula is C20H32N6O3. The van der Waals surface area contributed by atoms with E-state index in [1.54, 1.807) is 12.4 Å². The fourth-order valence-corrected chi connectivity index (χ4v) is 3.16. The zero-order valence-electron chi connectivity index (χ0n) is 17.5. The maximum atomic E-state index is 5.99. The normalized spacial score (nSPS) is 24.0. The summed E-state index contributed by atoms with van der Waals surface area (Å²) in [5.74, 6) is 0.323. The monoisotopic (exact) mass is 404 g/mol. The zero-order chi connectivity index (χ0) is 20.5. The number of hydrogen-bond donors (Lipinski definition) is 2. The molecule has 0 saturated carbocycles. The summed E-state index contributed by atoms with van der Waals surface area (Å²) in [5.41, 5.74) is 0. The third-order valence-corrected chi connectivity index (χ3v) is 4.72. The van der Waals surface area contributed by atoms with Crippen LogP contribution in [0.15, 0.2) is 36.8 Å². The van der Waals surface area contributed by atoms with Crippen molar-refractivity contribution in [1.29, 1.82) is 0 Å². The Labute approximate surface area is 172 Å². The van der Waals surface area contributed by atoms with E-state index in [9.17, 15) is 0 Å². The predicted octanol–water partition coefficient (Wildman–Crippen LogP) is 0.575. The molecule has 1 fully saturated rings. The first kappa shape index (κ1) is 21.5. The molecule has 3 heterocycles. The van der Waals surface area contributed by atoms with Gasteiger partial charge in [-0.25, -0.2) is 9.97 Å². The Balaban J connectivity index is 1.54. The summed E-state index contributed by atoms with van der Waals surface area (Å²) < 4.78 is 17.9. The summed E-state index contributed by atoms with van der Waals surface area (Å²) in [4.78, 5) is 13.2. The van der Waals surface area contributed by atoms with Gasteiger partial charge in [-0.05, 0) is 33.2 Å². The summed E-state index contributed by atoms with van der Waals surface area (Å²) in [5, 5.41) is 6.53. The van der Waals surface area contributed by atoms with Crippen LogP contribution in [-0.2, 0) is 9.47 Å². The van der Waals surface area contributed by atoms with Gasteiger partial charge in [-0.3, -0.25) is 0 Å². The van der Waals surface area contributed by atoms with Crippen LogP contribution in [0.4, 0.5) is 5.82 Å². The number of dihydropyridines is 1. The number of piperazine rings is 1. The number of rotatable bonds is 10. The lowest BCUT2D eigenvalue weighted by atomic mass is 10.2. The highest BCUT2D eigenvalue weighted by Crippen LogP contribution is 2.25. The topological polar surface area (TPSA) is 84.0 Å². The molecule has 0 bridgehead atoms. The minimum Gasteiger partial charge on any atom is -0.473 e. The van der Waals surface area contributed by atoms with E-state index in [1.165, 1.54) is 0 Å². The van der Waals surface area contributed by atoms with Crippen molar-refractivity contribution in [1.82, 2.24) is 25.5 Å². The minimum atomic E-state index is -0.980. The van der Waals surface area contributed by atoms with Crippen molar-refractivity contribution in [2.45, 2.75) is 18.9 Å². The molecule has 2 aliphatic rings. The Morgan fingerprint density at radius 3 is 2.76 bits per heavy atom. The van der Waals surface area contributed by atoms with Gasteiger partial charge in [-0.1, -0.05) is 6.08 Å². The number of anilines is 1. The highest BCUT2D eigenvalue weighted by molar-refractivity contribution is 5.49. The average Bonchev–Trinajstić information content (AvgIpc) is 2.73. The van der Waals surface area contributed by atoms with Crippen molar-refractivity contribution < 1.29 is 14.2 Å². The highest BCUT2D eigenvalue weighted by Gasteiger charge is 2.29. The molecule has 0 amide bonds. The van der Waals surface area contributed by atoms with Gasteiger partial charge in [0.1, 0.15) is 6.61 Å². The smallest absolute Gasteiger partial charge is 0.270 e. The second kappa shape index (κ2) is 10.5. The Hall–Kier alpha value is -2.20. The van der Waals surface area contributed by atoms with E-state index in [1.807, 2.05) is 38.5 Å². The van der Waals surface area contributed by atoms with Crippen molar-refractivity contribution in [2.24, 2.45) is 0 Å². The fraction of sp³-hybridized carbons (Fsp3) is 0.600. The molecule has 9 heteroatoms. The predicted molar refractivity (Wildman–Crippen MR) is 112 cm³/mol. The van der Waals surface area contributed by atoms with E-state index in [4.69, 9.17) is 14.2 Å². The first-order valence-electron chi connectivity index (χ1n) is 10.1. The molecule has 9 nitrogen and oxygen atoms in total. The molecule has 2 N–H and O–H groups in total. The van der Waals surface area contributed by atoms with E-state index in [0.29, 0.717) is 31.7 Å². The van der Waals surface area contributed by atoms with Gasteiger partial charge in [0.15, 0.2) is 5.82 Å². The van der Waals surface area contributed by atoms with E-state index in [-0.39, 0.29) is 0 Å². The summed E-state index contributed by atoms with van der Waals surface area (Å²) in [6, 6.07) is 0.329. The number of allylic oxidation sites excluding steroid dienone is 2. The molecule has 0 aromatic carbocycles. The van der Waals surface area contributed by atoms with Gasteiger partial charge in [0, 0.05) is 50.8 Å². The Morgan fingerprint density at radius 2 is 2.00 bits per heavy atom. The largest absolute Gasteiger partial charge is 0.473 e. The van der Waals surface area contributed by atoms with E-state index < -0.39 is 5.91 Å². The molecule has 29 heavy (non-hydrogen) atoms. The van der Waals surface area contributed by atoms with Crippen molar-refractivity contribution in [3.8, 4) is 5.88 Å². The molecular weight excluding hydrogens is 372 g/mol.